The highest BCUT2D eigenvalue weighted by atomic mass is 19.4. The molecule has 3 nitrogen and oxygen atoms in total. The van der Waals surface area contributed by atoms with Gasteiger partial charge in [0.15, 0.2) is 0 Å². The molecule has 1 fully saturated rings. The van der Waals surface area contributed by atoms with Crippen LogP contribution >= 0.6 is 0 Å². The van der Waals surface area contributed by atoms with Gasteiger partial charge < -0.3 is 15.0 Å². The van der Waals surface area contributed by atoms with Crippen LogP contribution in [0.1, 0.15) is 26.7 Å². The summed E-state index contributed by atoms with van der Waals surface area (Å²) in [6.07, 6.45) is -2.35. The molecular formula is C17H25F3N2O. The highest BCUT2D eigenvalue weighted by Crippen LogP contribution is 2.28. The summed E-state index contributed by atoms with van der Waals surface area (Å²) in [4.78, 5) is 2.29. The fourth-order valence-corrected chi connectivity index (χ4v) is 3.05. The Morgan fingerprint density at radius 1 is 1.30 bits per heavy atom. The molecule has 0 radical (unpaired) electrons. The minimum absolute atomic E-state index is 0.123. The average molecular weight is 330 g/mol. The van der Waals surface area contributed by atoms with E-state index < -0.39 is 12.7 Å². The summed E-state index contributed by atoms with van der Waals surface area (Å²) in [6, 6.07) is 7.87. The Labute approximate surface area is 135 Å². The van der Waals surface area contributed by atoms with Gasteiger partial charge in [-0.15, -0.1) is 0 Å². The number of nitrogens with one attached hydrogen (secondary N) is 1. The maximum Gasteiger partial charge on any atom is 0.401 e. The molecule has 1 saturated heterocycles. The van der Waals surface area contributed by atoms with Crippen molar-refractivity contribution in [3.05, 3.63) is 24.3 Å². The number of anilines is 1. The lowest BCUT2D eigenvalue weighted by atomic mass is 10.00. The van der Waals surface area contributed by atoms with E-state index in [-0.39, 0.29) is 6.04 Å². The molecule has 130 valence electrons. The second kappa shape index (κ2) is 7.90. The van der Waals surface area contributed by atoms with Crippen LogP contribution < -0.4 is 15.0 Å². The van der Waals surface area contributed by atoms with Crippen molar-refractivity contribution < 1.29 is 17.9 Å². The molecule has 2 unspecified atom stereocenters. The van der Waals surface area contributed by atoms with E-state index in [4.69, 9.17) is 4.74 Å². The number of halogens is 3. The smallest absolute Gasteiger partial charge is 0.401 e. The topological polar surface area (TPSA) is 24.5 Å². The van der Waals surface area contributed by atoms with Crippen LogP contribution in [-0.2, 0) is 0 Å². The largest absolute Gasteiger partial charge is 0.494 e. The van der Waals surface area contributed by atoms with Gasteiger partial charge in [0, 0.05) is 24.8 Å². The van der Waals surface area contributed by atoms with Crippen LogP contribution in [-0.4, -0.2) is 38.5 Å². The number of nitrogens with zero attached hydrogens (tertiary/aromatic N) is 1. The van der Waals surface area contributed by atoms with Gasteiger partial charge in [0.2, 0.25) is 0 Å². The molecule has 1 N–H and O–H groups in total. The van der Waals surface area contributed by atoms with Gasteiger partial charge in [-0.05, 0) is 56.9 Å². The molecule has 1 aliphatic rings. The van der Waals surface area contributed by atoms with Crippen molar-refractivity contribution in [1.29, 1.82) is 0 Å². The van der Waals surface area contributed by atoms with Crippen LogP contribution in [0.4, 0.5) is 18.9 Å². The summed E-state index contributed by atoms with van der Waals surface area (Å²) in [7, 11) is 0. The molecule has 2 atom stereocenters. The predicted molar refractivity (Wildman–Crippen MR) is 86.1 cm³/mol. The predicted octanol–water partition coefficient (Wildman–Crippen LogP) is 3.84. The van der Waals surface area contributed by atoms with Crippen molar-refractivity contribution >= 4 is 5.69 Å². The third kappa shape index (κ3) is 5.94. The summed E-state index contributed by atoms with van der Waals surface area (Å²) >= 11 is 0. The van der Waals surface area contributed by atoms with Crippen LogP contribution in [0.25, 0.3) is 0 Å². The van der Waals surface area contributed by atoms with E-state index in [0.717, 1.165) is 37.4 Å². The van der Waals surface area contributed by atoms with Crippen molar-refractivity contribution in [2.45, 2.75) is 38.9 Å². The fraction of sp³-hybridized carbons (Fsp3) is 0.647. The van der Waals surface area contributed by atoms with E-state index in [1.165, 1.54) is 0 Å². The van der Waals surface area contributed by atoms with Crippen LogP contribution in [0.15, 0.2) is 24.3 Å². The number of hydrogen-bond donors (Lipinski definition) is 1. The Kier molecular flexibility index (Phi) is 6.16. The average Bonchev–Trinajstić information content (AvgIpc) is 2.94. The second-order valence-electron chi connectivity index (χ2n) is 6.16. The molecule has 0 amide bonds. The van der Waals surface area contributed by atoms with Gasteiger partial charge in [-0.3, -0.25) is 0 Å². The minimum atomic E-state index is -4.14. The SMILES string of the molecule is CCOc1ccc(N2CCC(CC(C)NCC(F)(F)F)C2)cc1. The molecular weight excluding hydrogens is 305 g/mol. The first-order valence-electron chi connectivity index (χ1n) is 8.15. The molecule has 0 aliphatic carbocycles. The van der Waals surface area contributed by atoms with Crippen molar-refractivity contribution in [2.24, 2.45) is 5.92 Å². The lowest BCUT2D eigenvalue weighted by Gasteiger charge is -2.21. The molecule has 0 bridgehead atoms. The molecule has 1 heterocycles. The van der Waals surface area contributed by atoms with Crippen molar-refractivity contribution in [2.75, 3.05) is 31.1 Å². The summed E-state index contributed by atoms with van der Waals surface area (Å²) in [5, 5.41) is 2.57. The van der Waals surface area contributed by atoms with Gasteiger partial charge >= 0.3 is 6.18 Å². The molecule has 6 heteroatoms. The third-order valence-corrected chi connectivity index (χ3v) is 4.14. The number of alkyl halides is 3. The Morgan fingerprint density at radius 3 is 2.61 bits per heavy atom. The zero-order valence-corrected chi connectivity index (χ0v) is 13.7. The standard InChI is InChI=1S/C17H25F3N2O/c1-3-23-16-6-4-15(5-7-16)22-9-8-14(11-22)10-13(2)21-12-17(18,19)20/h4-7,13-14,21H,3,8-12H2,1-2H3. The molecule has 2 rings (SSSR count). The molecule has 1 aliphatic heterocycles. The quantitative estimate of drug-likeness (QED) is 0.822. The minimum Gasteiger partial charge on any atom is -0.494 e. The lowest BCUT2D eigenvalue weighted by molar-refractivity contribution is -0.126. The van der Waals surface area contributed by atoms with E-state index in [0.29, 0.717) is 12.5 Å². The Bertz CT molecular complexity index is 476. The molecule has 1 aromatic rings. The molecule has 0 saturated carbocycles. The van der Waals surface area contributed by atoms with Crippen LogP contribution in [0, 0.1) is 5.92 Å². The van der Waals surface area contributed by atoms with E-state index >= 15 is 0 Å². The van der Waals surface area contributed by atoms with Gasteiger partial charge in [-0.25, -0.2) is 0 Å². The van der Waals surface area contributed by atoms with Gasteiger partial charge in [-0.2, -0.15) is 13.2 Å². The third-order valence-electron chi connectivity index (χ3n) is 4.14. The van der Waals surface area contributed by atoms with E-state index in [2.05, 4.69) is 10.2 Å². The zero-order chi connectivity index (χ0) is 16.9. The first-order chi connectivity index (χ1) is 10.9. The van der Waals surface area contributed by atoms with Crippen molar-refractivity contribution in [3.63, 3.8) is 0 Å². The maximum absolute atomic E-state index is 12.2. The first kappa shape index (κ1) is 17.9. The maximum atomic E-state index is 12.2. The Hall–Kier alpha value is -1.43. The Balaban J connectivity index is 1.79. The summed E-state index contributed by atoms with van der Waals surface area (Å²) in [5.41, 5.74) is 1.15. The number of rotatable bonds is 7. The summed E-state index contributed by atoms with van der Waals surface area (Å²) in [5.74, 6) is 1.29. The van der Waals surface area contributed by atoms with E-state index in [1.807, 2.05) is 38.1 Å². The Morgan fingerprint density at radius 2 is 2.00 bits per heavy atom. The van der Waals surface area contributed by atoms with E-state index in [1.54, 1.807) is 0 Å². The number of benzene rings is 1. The van der Waals surface area contributed by atoms with Gasteiger partial charge in [0.25, 0.3) is 0 Å². The molecule has 0 spiro atoms. The molecule has 23 heavy (non-hydrogen) atoms. The second-order valence-corrected chi connectivity index (χ2v) is 6.16. The fourth-order valence-electron chi connectivity index (χ4n) is 3.05. The lowest BCUT2D eigenvalue weighted by Crippen LogP contribution is -2.36. The van der Waals surface area contributed by atoms with Gasteiger partial charge in [0.1, 0.15) is 5.75 Å². The van der Waals surface area contributed by atoms with Crippen molar-refractivity contribution in [3.8, 4) is 5.75 Å². The van der Waals surface area contributed by atoms with Crippen LogP contribution in [0.2, 0.25) is 0 Å². The highest BCUT2D eigenvalue weighted by molar-refractivity contribution is 5.49. The monoisotopic (exact) mass is 330 g/mol. The van der Waals surface area contributed by atoms with Gasteiger partial charge in [-0.1, -0.05) is 0 Å². The van der Waals surface area contributed by atoms with Crippen LogP contribution in [0.5, 0.6) is 5.75 Å². The van der Waals surface area contributed by atoms with E-state index in [9.17, 15) is 13.2 Å². The first-order valence-corrected chi connectivity index (χ1v) is 8.15. The zero-order valence-electron chi connectivity index (χ0n) is 13.7. The van der Waals surface area contributed by atoms with Gasteiger partial charge in [0.05, 0.1) is 13.2 Å². The van der Waals surface area contributed by atoms with Crippen molar-refractivity contribution in [1.82, 2.24) is 5.32 Å². The summed E-state index contributed by atoms with van der Waals surface area (Å²) in [6.45, 7) is 5.35. The van der Waals surface area contributed by atoms with Crippen LogP contribution in [0.3, 0.4) is 0 Å². The number of hydrogen-bond acceptors (Lipinski definition) is 3. The molecule has 0 aromatic heterocycles. The molecule has 1 aromatic carbocycles. The summed E-state index contributed by atoms with van der Waals surface area (Å²) < 4.78 is 42.1. The number of ether oxygens (including phenoxy) is 1. The normalized spacial score (nSPS) is 19.9. The highest BCUT2D eigenvalue weighted by Gasteiger charge is 2.29.